The third-order valence-electron chi connectivity index (χ3n) is 6.96. The van der Waals surface area contributed by atoms with Crippen molar-refractivity contribution in [3.8, 4) is 0 Å². The first-order chi connectivity index (χ1) is 16.9. The van der Waals surface area contributed by atoms with Gasteiger partial charge in [-0.15, -0.1) is 0 Å². The Morgan fingerprint density at radius 1 is 0.694 bits per heavy atom. The van der Waals surface area contributed by atoms with E-state index in [9.17, 15) is 4.79 Å². The first-order valence-electron chi connectivity index (χ1n) is 14.6. The van der Waals surface area contributed by atoms with Crippen LogP contribution in [-0.4, -0.2) is 57.5 Å². The van der Waals surface area contributed by atoms with Crippen molar-refractivity contribution in [2.45, 2.75) is 116 Å². The molecule has 1 aromatic rings. The Labute approximate surface area is 240 Å². The molecule has 0 saturated carbocycles. The molecular weight excluding hydrogens is 561 g/mol. The van der Waals surface area contributed by atoms with Crippen molar-refractivity contribution >= 4 is 5.97 Å². The summed E-state index contributed by atoms with van der Waals surface area (Å²) in [6.45, 7) is 4.07. The summed E-state index contributed by atoms with van der Waals surface area (Å²) in [6.07, 6.45) is 22.1. The minimum absolute atomic E-state index is 0. The molecule has 0 N–H and O–H groups in total. The molecule has 0 bridgehead atoms. The molecule has 0 aliphatic heterocycles. The lowest BCUT2D eigenvalue weighted by Gasteiger charge is -2.33. The van der Waals surface area contributed by atoms with Gasteiger partial charge in [0.1, 0.15) is 19.3 Å². The zero-order valence-corrected chi connectivity index (χ0v) is 26.1. The first-order valence-corrected chi connectivity index (χ1v) is 14.6. The molecule has 1 rings (SSSR count). The minimum atomic E-state index is -0.262. The summed E-state index contributed by atoms with van der Waals surface area (Å²) in [4.78, 5) is 12.2. The summed E-state index contributed by atoms with van der Waals surface area (Å²) in [5.41, 5.74) is 0.599. The molecule has 0 aliphatic rings. The summed E-state index contributed by atoms with van der Waals surface area (Å²) >= 11 is 0. The van der Waals surface area contributed by atoms with E-state index in [4.69, 9.17) is 9.47 Å². The minimum Gasteiger partial charge on any atom is -1.00 e. The van der Waals surface area contributed by atoms with Gasteiger partial charge >= 0.3 is 5.97 Å². The number of nitrogens with zero attached hydrogens (tertiary/aromatic N) is 1. The van der Waals surface area contributed by atoms with Gasteiger partial charge in [-0.1, -0.05) is 121 Å². The normalized spacial score (nSPS) is 12.2. The smallest absolute Gasteiger partial charge is 0.338 e. The van der Waals surface area contributed by atoms with Gasteiger partial charge in [-0.2, -0.15) is 0 Å². The fraction of sp³-hybridized carbons (Fsp3) is 0.774. The van der Waals surface area contributed by atoms with Crippen LogP contribution in [0.3, 0.4) is 0 Å². The van der Waals surface area contributed by atoms with E-state index in [1.165, 1.54) is 96.3 Å². The number of esters is 1. The molecular formula is C31H56INO3. The number of unbranched alkanes of at least 4 members (excludes halogenated alkanes) is 15. The molecule has 210 valence electrons. The predicted octanol–water partition coefficient (Wildman–Crippen LogP) is 5.20. The lowest BCUT2D eigenvalue weighted by molar-refractivity contribution is -0.896. The van der Waals surface area contributed by atoms with Gasteiger partial charge in [-0.25, -0.2) is 4.79 Å². The number of quaternary nitrogens is 1. The Hall–Kier alpha value is -0.660. The van der Waals surface area contributed by atoms with E-state index in [2.05, 4.69) is 28.1 Å². The van der Waals surface area contributed by atoms with Crippen LogP contribution in [0.4, 0.5) is 0 Å². The van der Waals surface area contributed by atoms with Gasteiger partial charge in [-0.3, -0.25) is 0 Å². The Kier molecular flexibility index (Phi) is 23.0. The zero-order chi connectivity index (χ0) is 25.6. The van der Waals surface area contributed by atoms with E-state index in [1.54, 1.807) is 12.1 Å². The molecule has 0 spiro atoms. The molecule has 0 fully saturated rings. The summed E-state index contributed by atoms with van der Waals surface area (Å²) in [5, 5.41) is 0. The number of halogens is 1. The summed E-state index contributed by atoms with van der Waals surface area (Å²) in [5.74, 6) is -0.262. The maximum Gasteiger partial charge on any atom is 0.338 e. The Balaban J connectivity index is 0.0000122. The molecule has 0 aliphatic carbocycles. The number of carbonyl (C=O) groups excluding carboxylic acids is 1. The van der Waals surface area contributed by atoms with E-state index in [0.29, 0.717) is 23.3 Å². The number of likely N-dealkylation sites (N-methyl/N-ethyl adjacent to an activating group) is 1. The average Bonchev–Trinajstić information content (AvgIpc) is 2.84. The van der Waals surface area contributed by atoms with Crippen LogP contribution < -0.4 is 24.0 Å². The van der Waals surface area contributed by atoms with Crippen LogP contribution in [0.5, 0.6) is 0 Å². The lowest BCUT2D eigenvalue weighted by Crippen LogP contribution is -3.00. The van der Waals surface area contributed by atoms with Crippen LogP contribution in [0, 0.1) is 0 Å². The molecule has 0 heterocycles. The fourth-order valence-corrected chi connectivity index (χ4v) is 4.30. The molecule has 0 amide bonds. The monoisotopic (exact) mass is 617 g/mol. The number of benzene rings is 1. The summed E-state index contributed by atoms with van der Waals surface area (Å²) in [6, 6.07) is 9.32. The highest BCUT2D eigenvalue weighted by atomic mass is 127. The van der Waals surface area contributed by atoms with Gasteiger partial charge in [0.15, 0.2) is 0 Å². The van der Waals surface area contributed by atoms with Crippen LogP contribution in [0.1, 0.15) is 120 Å². The summed E-state index contributed by atoms with van der Waals surface area (Å²) in [7, 11) is 6.37. The van der Waals surface area contributed by atoms with Crippen LogP contribution in [0.2, 0.25) is 0 Å². The van der Waals surface area contributed by atoms with Crippen molar-refractivity contribution in [1.82, 2.24) is 0 Å². The van der Waals surface area contributed by atoms with Crippen LogP contribution in [-0.2, 0) is 9.47 Å². The molecule has 4 nitrogen and oxygen atoms in total. The van der Waals surface area contributed by atoms with Crippen LogP contribution in [0.25, 0.3) is 0 Å². The Bertz CT molecular complexity index is 618. The molecule has 1 unspecified atom stereocenters. The van der Waals surface area contributed by atoms with Gasteiger partial charge < -0.3 is 37.9 Å². The largest absolute Gasteiger partial charge is 1.00 e. The predicted molar refractivity (Wildman–Crippen MR) is 149 cm³/mol. The maximum atomic E-state index is 12.2. The Morgan fingerprint density at radius 2 is 1.14 bits per heavy atom. The van der Waals surface area contributed by atoms with Crippen molar-refractivity contribution in [1.29, 1.82) is 0 Å². The number of carbonyl (C=O) groups is 1. The second kappa shape index (κ2) is 23.5. The standard InChI is InChI=1S/C31H56NO3.HI/c1-5-6-7-8-9-10-11-12-13-14-15-16-17-18-19-23-26-34-27-30(32(2,3)4)28-35-31(33)29-24-21-20-22-25-29;/h20-22,24-25,30H,5-19,23,26-28H2,1-4H3;1H/q+1;/p-1. The third-order valence-corrected chi connectivity index (χ3v) is 6.96. The number of hydrogen-bond donors (Lipinski definition) is 0. The highest BCUT2D eigenvalue weighted by Gasteiger charge is 2.26. The van der Waals surface area contributed by atoms with Crippen LogP contribution >= 0.6 is 0 Å². The lowest BCUT2D eigenvalue weighted by atomic mass is 10.0. The maximum absolute atomic E-state index is 12.2. The van der Waals surface area contributed by atoms with Gasteiger partial charge in [-0.05, 0) is 18.6 Å². The van der Waals surface area contributed by atoms with Crippen molar-refractivity contribution in [3.63, 3.8) is 0 Å². The topological polar surface area (TPSA) is 35.5 Å². The second-order valence-corrected chi connectivity index (χ2v) is 11.1. The van der Waals surface area contributed by atoms with E-state index in [-0.39, 0.29) is 36.0 Å². The van der Waals surface area contributed by atoms with Gasteiger partial charge in [0.25, 0.3) is 0 Å². The Morgan fingerprint density at radius 3 is 1.58 bits per heavy atom. The zero-order valence-electron chi connectivity index (χ0n) is 23.9. The van der Waals surface area contributed by atoms with Crippen LogP contribution in [0.15, 0.2) is 30.3 Å². The first kappa shape index (κ1) is 35.3. The number of hydrogen-bond acceptors (Lipinski definition) is 3. The molecule has 1 atom stereocenters. The van der Waals surface area contributed by atoms with Gasteiger partial charge in [0, 0.05) is 6.61 Å². The van der Waals surface area contributed by atoms with E-state index in [1.807, 2.05) is 18.2 Å². The average molecular weight is 618 g/mol. The highest BCUT2D eigenvalue weighted by Crippen LogP contribution is 2.14. The fourth-order valence-electron chi connectivity index (χ4n) is 4.30. The third kappa shape index (κ3) is 19.5. The van der Waals surface area contributed by atoms with E-state index >= 15 is 0 Å². The number of ether oxygens (including phenoxy) is 2. The van der Waals surface area contributed by atoms with Gasteiger partial charge in [0.05, 0.1) is 26.7 Å². The molecule has 0 saturated heterocycles. The van der Waals surface area contributed by atoms with Crippen molar-refractivity contribution in [2.75, 3.05) is 41.0 Å². The SMILES string of the molecule is CCCCCCCCCCCCCCCCCCOCC(COC(=O)c1ccccc1)[N+](C)(C)C.[I-]. The van der Waals surface area contributed by atoms with Gasteiger partial charge in [0.2, 0.25) is 0 Å². The van der Waals surface area contributed by atoms with Crippen molar-refractivity contribution in [3.05, 3.63) is 35.9 Å². The molecule has 5 heteroatoms. The molecule has 0 aromatic heterocycles. The highest BCUT2D eigenvalue weighted by molar-refractivity contribution is 5.89. The quantitative estimate of drug-likeness (QED) is 0.0734. The summed E-state index contributed by atoms with van der Waals surface area (Å²) < 4.78 is 12.3. The second-order valence-electron chi connectivity index (χ2n) is 11.1. The van der Waals surface area contributed by atoms with Crippen molar-refractivity contribution < 1.29 is 42.7 Å². The van der Waals surface area contributed by atoms with E-state index < -0.39 is 0 Å². The molecule has 1 aromatic carbocycles. The van der Waals surface area contributed by atoms with Crippen molar-refractivity contribution in [2.24, 2.45) is 0 Å². The molecule has 0 radical (unpaired) electrons. The number of rotatable bonds is 23. The van der Waals surface area contributed by atoms with E-state index in [0.717, 1.165) is 13.0 Å². The molecule has 36 heavy (non-hydrogen) atoms.